The summed E-state index contributed by atoms with van der Waals surface area (Å²) in [5.74, 6) is 0.262. The Labute approximate surface area is 136 Å². The molecule has 0 saturated carbocycles. The summed E-state index contributed by atoms with van der Waals surface area (Å²) in [5.41, 5.74) is 7.52. The molecule has 7 nitrogen and oxygen atoms in total. The van der Waals surface area contributed by atoms with E-state index >= 15 is 0 Å². The van der Waals surface area contributed by atoms with Crippen molar-refractivity contribution < 1.29 is 19.1 Å². The van der Waals surface area contributed by atoms with Crippen molar-refractivity contribution in [2.75, 3.05) is 17.6 Å². The molecule has 0 saturated heterocycles. The predicted molar refractivity (Wildman–Crippen MR) is 87.2 cm³/mol. The normalized spacial score (nSPS) is 14.0. The van der Waals surface area contributed by atoms with Crippen molar-refractivity contribution in [3.8, 4) is 0 Å². The maximum atomic E-state index is 12.0. The van der Waals surface area contributed by atoms with E-state index in [9.17, 15) is 9.59 Å². The van der Waals surface area contributed by atoms with E-state index in [0.717, 1.165) is 10.4 Å². The van der Waals surface area contributed by atoms with Crippen molar-refractivity contribution in [1.29, 1.82) is 0 Å². The number of rotatable bonds is 3. The first-order valence-electron chi connectivity index (χ1n) is 6.95. The van der Waals surface area contributed by atoms with Crippen LogP contribution >= 0.6 is 11.3 Å². The van der Waals surface area contributed by atoms with Gasteiger partial charge in [0.15, 0.2) is 0 Å². The molecule has 0 fully saturated rings. The number of nitrogens with two attached hydrogens (primary N) is 1. The second-order valence-electron chi connectivity index (χ2n) is 5.04. The maximum Gasteiger partial charge on any atom is 0.407 e. The molecule has 2 amide bonds. The average Bonchev–Trinajstić information content (AvgIpc) is 3.14. The van der Waals surface area contributed by atoms with Gasteiger partial charge in [-0.25, -0.2) is 4.79 Å². The summed E-state index contributed by atoms with van der Waals surface area (Å²) in [4.78, 5) is 25.2. The van der Waals surface area contributed by atoms with Gasteiger partial charge in [-0.2, -0.15) is 0 Å². The summed E-state index contributed by atoms with van der Waals surface area (Å²) in [6, 6.07) is 3.47. The molecule has 0 radical (unpaired) electrons. The summed E-state index contributed by atoms with van der Waals surface area (Å²) >= 11 is 1.32. The molecule has 120 valence electrons. The summed E-state index contributed by atoms with van der Waals surface area (Å²) < 4.78 is 5.11. The average molecular weight is 333 g/mol. The minimum atomic E-state index is -0.949. The number of carboxylic acid groups (broad SMARTS) is 1. The molecule has 0 aromatic carbocycles. The second-order valence-corrected chi connectivity index (χ2v) is 6.14. The van der Waals surface area contributed by atoms with Gasteiger partial charge in [-0.05, 0) is 30.2 Å². The van der Waals surface area contributed by atoms with E-state index in [0.29, 0.717) is 36.0 Å². The van der Waals surface area contributed by atoms with E-state index in [-0.39, 0.29) is 5.91 Å². The van der Waals surface area contributed by atoms with Crippen LogP contribution in [0.3, 0.4) is 0 Å². The molecule has 1 aliphatic rings. The summed E-state index contributed by atoms with van der Waals surface area (Å²) in [5, 5.41) is 12.3. The fraction of sp³-hybridized carbons (Fsp3) is 0.200. The lowest BCUT2D eigenvalue weighted by atomic mass is 10.1. The third kappa shape index (κ3) is 3.21. The fourth-order valence-corrected chi connectivity index (χ4v) is 3.57. The van der Waals surface area contributed by atoms with Gasteiger partial charge >= 0.3 is 6.09 Å². The SMILES string of the molecule is Nc1c(NC(=O)/C=C/c2ccco2)sc2c1CCN(C(=O)O)C2. The molecule has 0 unspecified atom stereocenters. The van der Waals surface area contributed by atoms with E-state index in [2.05, 4.69) is 5.32 Å². The van der Waals surface area contributed by atoms with Gasteiger partial charge in [-0.15, -0.1) is 11.3 Å². The van der Waals surface area contributed by atoms with Crippen LogP contribution in [0.1, 0.15) is 16.2 Å². The van der Waals surface area contributed by atoms with Gasteiger partial charge in [0, 0.05) is 17.5 Å². The van der Waals surface area contributed by atoms with Crippen molar-refractivity contribution in [2.24, 2.45) is 0 Å². The minimum absolute atomic E-state index is 0.303. The Morgan fingerprint density at radius 3 is 3.00 bits per heavy atom. The van der Waals surface area contributed by atoms with Gasteiger partial charge in [-0.1, -0.05) is 0 Å². The van der Waals surface area contributed by atoms with Crippen LogP contribution in [0.15, 0.2) is 28.9 Å². The van der Waals surface area contributed by atoms with Crippen LogP contribution in [0.5, 0.6) is 0 Å². The molecule has 23 heavy (non-hydrogen) atoms. The molecule has 2 aromatic heterocycles. The van der Waals surface area contributed by atoms with Crippen LogP contribution in [-0.4, -0.2) is 28.6 Å². The monoisotopic (exact) mass is 333 g/mol. The molecule has 8 heteroatoms. The van der Waals surface area contributed by atoms with Crippen LogP contribution in [0, 0.1) is 0 Å². The van der Waals surface area contributed by atoms with Crippen LogP contribution < -0.4 is 11.1 Å². The molecule has 2 aromatic rings. The molecular weight excluding hydrogens is 318 g/mol. The molecule has 4 N–H and O–H groups in total. The topological polar surface area (TPSA) is 109 Å². The van der Waals surface area contributed by atoms with Crippen molar-refractivity contribution >= 4 is 40.1 Å². The lowest BCUT2D eigenvalue weighted by Crippen LogP contribution is -2.34. The first-order chi connectivity index (χ1) is 11.0. The zero-order chi connectivity index (χ0) is 16.4. The van der Waals surface area contributed by atoms with Crippen molar-refractivity contribution in [3.63, 3.8) is 0 Å². The first kappa shape index (κ1) is 15.2. The number of fused-ring (bicyclic) bond motifs is 1. The molecule has 1 aliphatic heterocycles. The van der Waals surface area contributed by atoms with Crippen LogP contribution in [0.25, 0.3) is 6.08 Å². The summed E-state index contributed by atoms with van der Waals surface area (Å²) in [6.45, 7) is 0.715. The van der Waals surface area contributed by atoms with Crippen molar-refractivity contribution in [1.82, 2.24) is 4.90 Å². The van der Waals surface area contributed by atoms with Gasteiger partial charge < -0.3 is 25.5 Å². The van der Waals surface area contributed by atoms with Gasteiger partial charge in [0.25, 0.3) is 0 Å². The smallest absolute Gasteiger partial charge is 0.407 e. The number of carbonyl (C=O) groups is 2. The number of hydrogen-bond donors (Lipinski definition) is 3. The number of nitrogen functional groups attached to an aromatic ring is 1. The Bertz CT molecular complexity index is 764. The third-order valence-electron chi connectivity index (χ3n) is 3.55. The van der Waals surface area contributed by atoms with Crippen LogP contribution in [-0.2, 0) is 17.8 Å². The van der Waals surface area contributed by atoms with Gasteiger partial charge in [0.1, 0.15) is 10.8 Å². The Morgan fingerprint density at radius 1 is 1.48 bits per heavy atom. The minimum Gasteiger partial charge on any atom is -0.465 e. The highest BCUT2D eigenvalue weighted by atomic mass is 32.1. The highest BCUT2D eigenvalue weighted by Crippen LogP contribution is 2.39. The van der Waals surface area contributed by atoms with E-state index < -0.39 is 6.09 Å². The highest BCUT2D eigenvalue weighted by Gasteiger charge is 2.25. The number of furan rings is 1. The standard InChI is InChI=1S/C15H15N3O4S/c16-13-10-5-6-18(15(20)21)8-11(10)23-14(13)17-12(19)4-3-9-2-1-7-22-9/h1-4,7H,5-6,8,16H2,(H,17,19)(H,20,21)/b4-3+. The van der Waals surface area contributed by atoms with Gasteiger partial charge in [0.05, 0.1) is 18.5 Å². The van der Waals surface area contributed by atoms with Crippen LogP contribution in [0.2, 0.25) is 0 Å². The Morgan fingerprint density at radius 2 is 2.30 bits per heavy atom. The predicted octanol–water partition coefficient (Wildman–Crippen LogP) is 2.61. The van der Waals surface area contributed by atoms with Crippen molar-refractivity contribution in [3.05, 3.63) is 40.7 Å². The zero-order valence-corrected chi connectivity index (χ0v) is 12.9. The third-order valence-corrected chi connectivity index (χ3v) is 4.70. The Balaban J connectivity index is 1.72. The number of anilines is 2. The number of carbonyl (C=O) groups excluding carboxylic acids is 1. The number of hydrogen-bond acceptors (Lipinski definition) is 5. The molecule has 0 spiro atoms. The quantitative estimate of drug-likeness (QED) is 0.748. The van der Waals surface area contributed by atoms with E-state index in [1.54, 1.807) is 18.2 Å². The largest absolute Gasteiger partial charge is 0.465 e. The second kappa shape index (κ2) is 6.17. The van der Waals surface area contributed by atoms with E-state index in [4.69, 9.17) is 15.3 Å². The summed E-state index contributed by atoms with van der Waals surface area (Å²) in [6.07, 6.45) is 4.06. The lowest BCUT2D eigenvalue weighted by Gasteiger charge is -2.23. The Kier molecular flexibility index (Phi) is 4.07. The number of nitrogens with zero attached hydrogens (tertiary/aromatic N) is 1. The van der Waals surface area contributed by atoms with E-state index in [1.807, 2.05) is 0 Å². The summed E-state index contributed by atoms with van der Waals surface area (Å²) in [7, 11) is 0. The van der Waals surface area contributed by atoms with Crippen molar-refractivity contribution in [2.45, 2.75) is 13.0 Å². The molecule has 0 bridgehead atoms. The van der Waals surface area contributed by atoms with Gasteiger partial charge in [-0.3, -0.25) is 4.79 Å². The molecule has 0 atom stereocenters. The first-order valence-corrected chi connectivity index (χ1v) is 7.76. The molecule has 3 heterocycles. The molecule has 3 rings (SSSR count). The van der Waals surface area contributed by atoms with Gasteiger partial charge in [0.2, 0.25) is 5.91 Å². The lowest BCUT2D eigenvalue weighted by molar-refractivity contribution is -0.111. The maximum absolute atomic E-state index is 12.0. The fourth-order valence-electron chi connectivity index (χ4n) is 2.38. The number of nitrogens with one attached hydrogen (secondary N) is 1. The zero-order valence-electron chi connectivity index (χ0n) is 12.1. The highest BCUT2D eigenvalue weighted by molar-refractivity contribution is 7.17. The van der Waals surface area contributed by atoms with E-state index in [1.165, 1.54) is 28.6 Å². The Hall–Kier alpha value is -2.74. The molecular formula is C15H15N3O4S. The number of thiophene rings is 1. The van der Waals surface area contributed by atoms with Crippen LogP contribution in [0.4, 0.5) is 15.5 Å². The number of amides is 2. The molecule has 0 aliphatic carbocycles.